The van der Waals surface area contributed by atoms with Gasteiger partial charge in [-0.1, -0.05) is 12.2 Å². The molecular weight excluding hydrogens is 498 g/mol. The topological polar surface area (TPSA) is 121 Å². The lowest BCUT2D eigenvalue weighted by Crippen LogP contribution is -2.66. The van der Waals surface area contributed by atoms with Gasteiger partial charge in [-0.3, -0.25) is 0 Å². The Morgan fingerprint density at radius 3 is 1.58 bits per heavy atom. The average Bonchev–Trinajstić information content (AvgIpc) is 2.82. The number of allylic oxidation sites excluding steroid dienone is 1. The average molecular weight is 524 g/mol. The molecule has 2 aromatic rings. The highest BCUT2D eigenvalue weighted by molar-refractivity contribution is 5.26. The molecule has 2 rings (SSSR count). The Morgan fingerprint density at radius 1 is 0.778 bits per heavy atom. The van der Waals surface area contributed by atoms with Crippen molar-refractivity contribution in [2.45, 2.75) is 55.7 Å². The summed E-state index contributed by atoms with van der Waals surface area (Å²) in [5.41, 5.74) is -6.57. The molecule has 0 heterocycles. The van der Waals surface area contributed by atoms with Gasteiger partial charge < -0.3 is 30.6 Å². The number of benzene rings is 2. The maximum Gasteiger partial charge on any atom is 0.194 e. The first kappa shape index (κ1) is 29.7. The van der Waals surface area contributed by atoms with Crippen molar-refractivity contribution >= 4 is 0 Å². The van der Waals surface area contributed by atoms with Gasteiger partial charge in [-0.15, -0.1) is 0 Å². The lowest BCUT2D eigenvalue weighted by Gasteiger charge is -2.46. The molecule has 6 N–H and O–H groups in total. The van der Waals surface area contributed by atoms with E-state index in [2.05, 4.69) is 0 Å². The van der Waals surface area contributed by atoms with Gasteiger partial charge in [0.15, 0.2) is 34.9 Å². The SMILES string of the molecule is C/C=C/CC(O)(Cc1cc(F)c(F)c(F)c1)[C@@H](O)[C@@](O)(Cc1cc(F)c(F)c(F)c1)[C@H](O)[C@@H](O)CO. The monoisotopic (exact) mass is 524 g/mol. The standard InChI is InChI=1S/C24H26F6O6/c1-2-3-4-23(35,9-12-5-14(25)19(29)15(26)6-12)22(34)24(36,21(33)18(32)11-31)10-13-7-16(27)20(30)17(28)8-13/h2-3,5-8,18,21-22,31-36H,4,9-11H2,1H3/b3-2+/t18-,21+,22+,23?,24+/m0/s1. The summed E-state index contributed by atoms with van der Waals surface area (Å²) in [6.45, 7) is 0.342. The fourth-order valence-corrected chi connectivity index (χ4v) is 3.96. The molecule has 5 atom stereocenters. The van der Waals surface area contributed by atoms with Crippen molar-refractivity contribution in [3.63, 3.8) is 0 Å². The molecule has 0 amide bonds. The van der Waals surface area contributed by atoms with Crippen LogP contribution >= 0.6 is 0 Å². The number of aliphatic hydroxyl groups is 6. The zero-order valence-electron chi connectivity index (χ0n) is 19.0. The van der Waals surface area contributed by atoms with Crippen LogP contribution in [0.15, 0.2) is 36.4 Å². The summed E-state index contributed by atoms with van der Waals surface area (Å²) in [6.07, 6.45) is -6.96. The molecule has 0 aliphatic rings. The summed E-state index contributed by atoms with van der Waals surface area (Å²) in [6, 6.07) is 1.91. The van der Waals surface area contributed by atoms with Crippen LogP contribution in [0.25, 0.3) is 0 Å². The Balaban J connectivity index is 2.62. The molecule has 2 aromatic carbocycles. The minimum absolute atomic E-state index is 0.379. The van der Waals surface area contributed by atoms with E-state index in [9.17, 15) is 57.0 Å². The largest absolute Gasteiger partial charge is 0.394 e. The highest BCUT2D eigenvalue weighted by atomic mass is 19.2. The summed E-state index contributed by atoms with van der Waals surface area (Å²) in [5.74, 6) is -10.2. The zero-order chi connectivity index (χ0) is 27.4. The summed E-state index contributed by atoms with van der Waals surface area (Å²) in [4.78, 5) is 0. The molecule has 0 radical (unpaired) electrons. The second-order valence-electron chi connectivity index (χ2n) is 8.57. The molecule has 0 aromatic heterocycles. The van der Waals surface area contributed by atoms with E-state index in [1.165, 1.54) is 19.1 Å². The van der Waals surface area contributed by atoms with Crippen LogP contribution in [0.3, 0.4) is 0 Å². The Morgan fingerprint density at radius 2 is 1.19 bits per heavy atom. The number of rotatable bonds is 11. The number of hydrogen-bond acceptors (Lipinski definition) is 6. The predicted octanol–water partition coefficient (Wildman–Crippen LogP) is 1.81. The van der Waals surface area contributed by atoms with E-state index < -0.39 is 95.9 Å². The zero-order valence-corrected chi connectivity index (χ0v) is 19.0. The molecule has 0 aliphatic heterocycles. The first-order chi connectivity index (χ1) is 16.7. The van der Waals surface area contributed by atoms with Gasteiger partial charge in [0, 0.05) is 12.8 Å². The van der Waals surface area contributed by atoms with E-state index >= 15 is 0 Å². The van der Waals surface area contributed by atoms with Gasteiger partial charge in [0.25, 0.3) is 0 Å². The molecule has 12 heteroatoms. The van der Waals surface area contributed by atoms with Crippen molar-refractivity contribution in [1.29, 1.82) is 0 Å². The van der Waals surface area contributed by atoms with Gasteiger partial charge in [0.05, 0.1) is 6.61 Å². The Bertz CT molecular complexity index is 1050. The molecule has 0 bridgehead atoms. The van der Waals surface area contributed by atoms with Crippen LogP contribution in [0.5, 0.6) is 0 Å². The second kappa shape index (κ2) is 11.7. The van der Waals surface area contributed by atoms with Crippen molar-refractivity contribution in [1.82, 2.24) is 0 Å². The Labute approximate surface area is 202 Å². The molecule has 1 unspecified atom stereocenters. The van der Waals surface area contributed by atoms with E-state index in [1.54, 1.807) is 0 Å². The number of aliphatic hydroxyl groups excluding tert-OH is 4. The molecule has 36 heavy (non-hydrogen) atoms. The smallest absolute Gasteiger partial charge is 0.194 e. The normalized spacial score (nSPS) is 18.0. The van der Waals surface area contributed by atoms with E-state index in [1.807, 2.05) is 0 Å². The van der Waals surface area contributed by atoms with Crippen LogP contribution in [0.2, 0.25) is 0 Å². The summed E-state index contributed by atoms with van der Waals surface area (Å²) in [7, 11) is 0. The van der Waals surface area contributed by atoms with Gasteiger partial charge >= 0.3 is 0 Å². The molecule has 0 saturated heterocycles. The van der Waals surface area contributed by atoms with Crippen molar-refractivity contribution in [3.8, 4) is 0 Å². The van der Waals surface area contributed by atoms with Gasteiger partial charge in [-0.2, -0.15) is 0 Å². The van der Waals surface area contributed by atoms with Gasteiger partial charge in [-0.05, 0) is 48.7 Å². The number of hydrogen-bond donors (Lipinski definition) is 6. The minimum Gasteiger partial charge on any atom is -0.394 e. The summed E-state index contributed by atoms with van der Waals surface area (Å²) < 4.78 is 81.8. The van der Waals surface area contributed by atoms with E-state index in [0.29, 0.717) is 24.3 Å². The molecule has 0 fully saturated rings. The van der Waals surface area contributed by atoms with Crippen LogP contribution in [-0.4, -0.2) is 66.8 Å². The molecule has 0 saturated carbocycles. The predicted molar refractivity (Wildman–Crippen MR) is 114 cm³/mol. The van der Waals surface area contributed by atoms with Crippen LogP contribution in [-0.2, 0) is 12.8 Å². The third-order valence-corrected chi connectivity index (χ3v) is 5.84. The van der Waals surface area contributed by atoms with E-state index in [0.717, 1.165) is 0 Å². The van der Waals surface area contributed by atoms with Gasteiger partial charge in [0.1, 0.15) is 29.5 Å². The molecule has 200 valence electrons. The lowest BCUT2D eigenvalue weighted by atomic mass is 9.71. The molecular formula is C24H26F6O6. The third kappa shape index (κ3) is 6.25. The van der Waals surface area contributed by atoms with Crippen LogP contribution in [0.4, 0.5) is 26.3 Å². The molecule has 0 aliphatic carbocycles. The van der Waals surface area contributed by atoms with Crippen molar-refractivity contribution in [2.75, 3.05) is 6.61 Å². The van der Waals surface area contributed by atoms with Crippen molar-refractivity contribution in [3.05, 3.63) is 82.4 Å². The van der Waals surface area contributed by atoms with Gasteiger partial charge in [0.2, 0.25) is 0 Å². The number of halogens is 6. The summed E-state index contributed by atoms with van der Waals surface area (Å²) in [5, 5.41) is 63.5. The van der Waals surface area contributed by atoms with Crippen LogP contribution in [0.1, 0.15) is 24.5 Å². The maximum atomic E-state index is 13.8. The molecule has 0 spiro atoms. The first-order valence-corrected chi connectivity index (χ1v) is 10.7. The van der Waals surface area contributed by atoms with E-state index in [4.69, 9.17) is 0 Å². The van der Waals surface area contributed by atoms with Crippen molar-refractivity contribution < 1.29 is 57.0 Å². The summed E-state index contributed by atoms with van der Waals surface area (Å²) >= 11 is 0. The quantitative estimate of drug-likeness (QED) is 0.152. The maximum absolute atomic E-state index is 13.8. The van der Waals surface area contributed by atoms with Crippen LogP contribution in [0, 0.1) is 34.9 Å². The van der Waals surface area contributed by atoms with Gasteiger partial charge in [-0.25, -0.2) is 26.3 Å². The lowest BCUT2D eigenvalue weighted by molar-refractivity contribution is -0.228. The highest BCUT2D eigenvalue weighted by Gasteiger charge is 2.54. The minimum atomic E-state index is -3.08. The first-order valence-electron chi connectivity index (χ1n) is 10.7. The fraction of sp³-hybridized carbons (Fsp3) is 0.417. The Kier molecular flexibility index (Phi) is 9.68. The third-order valence-electron chi connectivity index (χ3n) is 5.84. The Hall–Kier alpha value is -2.48. The molecule has 6 nitrogen and oxygen atoms in total. The second-order valence-corrected chi connectivity index (χ2v) is 8.57. The van der Waals surface area contributed by atoms with Crippen LogP contribution < -0.4 is 0 Å². The highest BCUT2D eigenvalue weighted by Crippen LogP contribution is 2.35. The van der Waals surface area contributed by atoms with Crippen molar-refractivity contribution in [2.24, 2.45) is 0 Å². The fourth-order valence-electron chi connectivity index (χ4n) is 3.96. The van der Waals surface area contributed by atoms with E-state index in [-0.39, 0.29) is 5.56 Å².